The quantitative estimate of drug-likeness (QED) is 0.606. The highest BCUT2D eigenvalue weighted by Crippen LogP contribution is 2.27. The SMILES string of the molecule is Cc1ccc(S(=O)(=O)O)cc1C1CCC[NH+]([O-])C1. The van der Waals surface area contributed by atoms with Crippen LogP contribution in [0.25, 0.3) is 0 Å². The molecule has 18 heavy (non-hydrogen) atoms. The van der Waals surface area contributed by atoms with Gasteiger partial charge in [0.25, 0.3) is 10.1 Å². The summed E-state index contributed by atoms with van der Waals surface area (Å²) in [5.41, 5.74) is 1.82. The van der Waals surface area contributed by atoms with Gasteiger partial charge in [0.2, 0.25) is 0 Å². The van der Waals surface area contributed by atoms with Crippen LogP contribution in [0, 0.1) is 12.1 Å². The Labute approximate surface area is 107 Å². The van der Waals surface area contributed by atoms with Crippen molar-refractivity contribution in [3.8, 4) is 0 Å². The Balaban J connectivity index is 2.37. The molecule has 1 saturated heterocycles. The van der Waals surface area contributed by atoms with Crippen molar-refractivity contribution in [1.29, 1.82) is 0 Å². The van der Waals surface area contributed by atoms with Gasteiger partial charge in [0, 0.05) is 5.92 Å². The van der Waals surface area contributed by atoms with E-state index in [-0.39, 0.29) is 15.9 Å². The third-order valence-corrected chi connectivity index (χ3v) is 4.32. The molecular weight excluding hydrogens is 254 g/mol. The molecule has 5 nitrogen and oxygen atoms in total. The average molecular weight is 271 g/mol. The van der Waals surface area contributed by atoms with Crippen molar-refractivity contribution in [2.75, 3.05) is 13.1 Å². The standard InChI is InChI=1S/C12H17NO4S/c1-9-4-5-11(18(15,16)17)7-12(9)10-3-2-6-13(14)8-10/h4-5,7,10,13H,2-3,6,8H2,1H3,(H,15,16,17). The van der Waals surface area contributed by atoms with Crippen molar-refractivity contribution in [1.82, 2.24) is 0 Å². The van der Waals surface area contributed by atoms with E-state index in [1.807, 2.05) is 6.92 Å². The summed E-state index contributed by atoms with van der Waals surface area (Å²) in [6, 6.07) is 4.56. The van der Waals surface area contributed by atoms with Crippen LogP contribution in [-0.4, -0.2) is 26.1 Å². The number of piperidine rings is 1. The normalized spacial score (nSPS) is 25.1. The number of aryl methyl sites for hydroxylation is 1. The van der Waals surface area contributed by atoms with Crippen LogP contribution in [0.5, 0.6) is 0 Å². The summed E-state index contributed by atoms with van der Waals surface area (Å²) in [5, 5.41) is 11.7. The van der Waals surface area contributed by atoms with Crippen LogP contribution in [-0.2, 0) is 10.1 Å². The van der Waals surface area contributed by atoms with Crippen LogP contribution in [0.4, 0.5) is 0 Å². The van der Waals surface area contributed by atoms with Crippen LogP contribution in [0.3, 0.4) is 0 Å². The molecule has 2 rings (SSSR count). The van der Waals surface area contributed by atoms with Crippen molar-refractivity contribution in [3.63, 3.8) is 0 Å². The molecule has 1 aromatic rings. The number of quaternary nitrogens is 1. The Morgan fingerprint density at radius 2 is 2.17 bits per heavy atom. The third-order valence-electron chi connectivity index (χ3n) is 3.47. The summed E-state index contributed by atoms with van der Waals surface area (Å²) >= 11 is 0. The molecule has 0 aromatic heterocycles. The van der Waals surface area contributed by atoms with Crippen molar-refractivity contribution < 1.29 is 18.0 Å². The Kier molecular flexibility index (Phi) is 3.72. The maximum Gasteiger partial charge on any atom is 0.294 e. The van der Waals surface area contributed by atoms with Gasteiger partial charge >= 0.3 is 0 Å². The highest BCUT2D eigenvalue weighted by atomic mass is 32.2. The zero-order valence-electron chi connectivity index (χ0n) is 10.2. The molecular formula is C12H17NO4S. The highest BCUT2D eigenvalue weighted by Gasteiger charge is 2.23. The van der Waals surface area contributed by atoms with Crippen LogP contribution in [0.15, 0.2) is 23.1 Å². The monoisotopic (exact) mass is 271 g/mol. The second-order valence-electron chi connectivity index (χ2n) is 4.83. The molecule has 0 aliphatic carbocycles. The van der Waals surface area contributed by atoms with Gasteiger partial charge in [0.1, 0.15) is 0 Å². The lowest BCUT2D eigenvalue weighted by atomic mass is 9.89. The molecule has 1 aromatic carbocycles. The van der Waals surface area contributed by atoms with E-state index in [1.54, 1.807) is 6.07 Å². The molecule has 0 bridgehead atoms. The molecule has 2 N–H and O–H groups in total. The fraction of sp³-hybridized carbons (Fsp3) is 0.500. The van der Waals surface area contributed by atoms with Gasteiger partial charge in [-0.15, -0.1) is 0 Å². The van der Waals surface area contributed by atoms with Crippen molar-refractivity contribution in [3.05, 3.63) is 34.5 Å². The first-order chi connectivity index (χ1) is 8.38. The first kappa shape index (κ1) is 13.5. The highest BCUT2D eigenvalue weighted by molar-refractivity contribution is 7.85. The minimum atomic E-state index is -4.18. The fourth-order valence-corrected chi connectivity index (χ4v) is 3.02. The van der Waals surface area contributed by atoms with E-state index in [1.165, 1.54) is 12.1 Å². The maximum absolute atomic E-state index is 11.5. The lowest BCUT2D eigenvalue weighted by molar-refractivity contribution is -0.855. The summed E-state index contributed by atoms with van der Waals surface area (Å²) in [6.07, 6.45) is 1.74. The van der Waals surface area contributed by atoms with Gasteiger partial charge < -0.3 is 10.3 Å². The third kappa shape index (κ3) is 2.89. The zero-order chi connectivity index (χ0) is 13.3. The lowest BCUT2D eigenvalue weighted by Gasteiger charge is -2.33. The van der Waals surface area contributed by atoms with Gasteiger partial charge in [-0.1, -0.05) is 6.07 Å². The van der Waals surface area contributed by atoms with Gasteiger partial charge in [-0.3, -0.25) is 4.55 Å². The molecule has 1 fully saturated rings. The van der Waals surface area contributed by atoms with E-state index in [0.29, 0.717) is 13.1 Å². The molecule has 0 amide bonds. The molecule has 0 saturated carbocycles. The van der Waals surface area contributed by atoms with Gasteiger partial charge in [-0.2, -0.15) is 8.42 Å². The second-order valence-corrected chi connectivity index (χ2v) is 6.25. The number of hydrogen-bond acceptors (Lipinski definition) is 3. The molecule has 1 heterocycles. The van der Waals surface area contributed by atoms with E-state index in [0.717, 1.165) is 24.0 Å². The van der Waals surface area contributed by atoms with E-state index in [9.17, 15) is 13.6 Å². The first-order valence-electron chi connectivity index (χ1n) is 5.97. The number of hydroxylamine groups is 2. The van der Waals surface area contributed by atoms with Crippen LogP contribution < -0.4 is 5.06 Å². The summed E-state index contributed by atoms with van der Waals surface area (Å²) in [4.78, 5) is -0.0962. The average Bonchev–Trinajstić information content (AvgIpc) is 2.28. The topological polar surface area (TPSA) is 81.9 Å². The Morgan fingerprint density at radius 3 is 2.78 bits per heavy atom. The van der Waals surface area contributed by atoms with Crippen molar-refractivity contribution in [2.24, 2.45) is 0 Å². The van der Waals surface area contributed by atoms with Crippen LogP contribution in [0.1, 0.15) is 29.9 Å². The molecule has 100 valence electrons. The van der Waals surface area contributed by atoms with E-state index >= 15 is 0 Å². The van der Waals surface area contributed by atoms with Gasteiger partial charge in [0.15, 0.2) is 0 Å². The van der Waals surface area contributed by atoms with E-state index < -0.39 is 10.1 Å². The van der Waals surface area contributed by atoms with Gasteiger partial charge in [-0.25, -0.2) is 0 Å². The van der Waals surface area contributed by atoms with Crippen LogP contribution in [0.2, 0.25) is 0 Å². The molecule has 0 spiro atoms. The Bertz CT molecular complexity index is 541. The zero-order valence-corrected chi connectivity index (χ0v) is 11.0. The van der Waals surface area contributed by atoms with Crippen molar-refractivity contribution in [2.45, 2.75) is 30.6 Å². The van der Waals surface area contributed by atoms with Crippen molar-refractivity contribution >= 4 is 10.1 Å². The van der Waals surface area contributed by atoms with Gasteiger partial charge in [0.05, 0.1) is 18.0 Å². The fourth-order valence-electron chi connectivity index (χ4n) is 2.51. The summed E-state index contributed by atoms with van der Waals surface area (Å²) in [6.45, 7) is 2.98. The minimum absolute atomic E-state index is 0.0768. The molecule has 1 aliphatic rings. The first-order valence-corrected chi connectivity index (χ1v) is 7.41. The molecule has 2 unspecified atom stereocenters. The number of nitrogens with one attached hydrogen (secondary N) is 1. The maximum atomic E-state index is 11.5. The largest absolute Gasteiger partial charge is 0.634 e. The summed E-state index contributed by atoms with van der Waals surface area (Å²) in [7, 11) is -4.18. The predicted molar refractivity (Wildman–Crippen MR) is 67.0 cm³/mol. The number of rotatable bonds is 2. The molecule has 0 radical (unpaired) electrons. The lowest BCUT2D eigenvalue weighted by Crippen LogP contribution is -3.08. The van der Waals surface area contributed by atoms with E-state index in [4.69, 9.17) is 4.55 Å². The Morgan fingerprint density at radius 1 is 1.44 bits per heavy atom. The molecule has 6 heteroatoms. The predicted octanol–water partition coefficient (Wildman–Crippen LogP) is 0.502. The van der Waals surface area contributed by atoms with Crippen LogP contribution >= 0.6 is 0 Å². The minimum Gasteiger partial charge on any atom is -0.634 e. The Hall–Kier alpha value is -0.950. The van der Waals surface area contributed by atoms with Gasteiger partial charge in [-0.05, 0) is 43.0 Å². The molecule has 1 aliphatic heterocycles. The summed E-state index contributed by atoms with van der Waals surface area (Å²) in [5.74, 6) is 0.0768. The number of benzene rings is 1. The summed E-state index contributed by atoms with van der Waals surface area (Å²) < 4.78 is 31.3. The number of hydrogen-bond donors (Lipinski definition) is 2. The smallest absolute Gasteiger partial charge is 0.294 e. The van der Waals surface area contributed by atoms with E-state index in [2.05, 4.69) is 0 Å². The molecule has 2 atom stereocenters. The second kappa shape index (κ2) is 4.97.